The molecule has 0 aromatic heterocycles. The number of benzene rings is 2. The van der Waals surface area contributed by atoms with Crippen LogP contribution in [0, 0.1) is 17.0 Å². The van der Waals surface area contributed by atoms with E-state index in [0.29, 0.717) is 5.69 Å². The topological polar surface area (TPSA) is 131 Å². The minimum absolute atomic E-state index is 0.0920. The number of anilines is 2. The third-order valence-corrected chi connectivity index (χ3v) is 4.20. The first-order valence-electron chi connectivity index (χ1n) is 9.06. The Morgan fingerprint density at radius 2 is 2.00 bits per heavy atom. The predicted octanol–water partition coefficient (Wildman–Crippen LogP) is 2.67. The molecule has 0 atom stereocenters. The first-order valence-corrected chi connectivity index (χ1v) is 9.06. The van der Waals surface area contributed by atoms with Crippen LogP contribution in [0.3, 0.4) is 0 Å². The summed E-state index contributed by atoms with van der Waals surface area (Å²) in [4.78, 5) is 35.0. The molecule has 0 unspecified atom stereocenters. The number of carbonyl (C=O) groups is 2. The molecule has 9 nitrogen and oxygen atoms in total. The van der Waals surface area contributed by atoms with Crippen molar-refractivity contribution in [3.05, 3.63) is 63.2 Å². The molecule has 0 radical (unpaired) electrons. The summed E-state index contributed by atoms with van der Waals surface area (Å²) in [6, 6.07) is 9.31. The van der Waals surface area contributed by atoms with Gasteiger partial charge in [0.1, 0.15) is 0 Å². The van der Waals surface area contributed by atoms with Crippen LogP contribution in [0.4, 0.5) is 17.1 Å². The zero-order chi connectivity index (χ0) is 21.4. The smallest absolute Gasteiger partial charge is 0.341 e. The van der Waals surface area contributed by atoms with Gasteiger partial charge in [-0.05, 0) is 30.5 Å². The Bertz CT molecular complexity index is 913. The molecule has 0 fully saturated rings. The summed E-state index contributed by atoms with van der Waals surface area (Å²) in [7, 11) is 0. The van der Waals surface area contributed by atoms with Gasteiger partial charge < -0.3 is 20.5 Å². The molecule has 2 aromatic carbocycles. The van der Waals surface area contributed by atoms with Crippen molar-refractivity contribution in [2.75, 3.05) is 30.4 Å². The van der Waals surface area contributed by atoms with Crippen molar-refractivity contribution in [1.82, 2.24) is 0 Å². The Hall–Kier alpha value is -3.46. The van der Waals surface area contributed by atoms with Crippen molar-refractivity contribution in [3.8, 4) is 0 Å². The average Bonchev–Trinajstić information content (AvgIpc) is 2.71. The highest BCUT2D eigenvalue weighted by atomic mass is 16.6. The van der Waals surface area contributed by atoms with Crippen LogP contribution in [-0.4, -0.2) is 41.7 Å². The van der Waals surface area contributed by atoms with Crippen molar-refractivity contribution >= 4 is 28.9 Å². The molecule has 9 heteroatoms. The van der Waals surface area contributed by atoms with Gasteiger partial charge in [0.25, 0.3) is 11.6 Å². The Morgan fingerprint density at radius 3 is 2.66 bits per heavy atom. The quantitative estimate of drug-likeness (QED) is 0.334. The number of rotatable bonds is 9. The molecule has 2 rings (SSSR count). The fourth-order valence-electron chi connectivity index (χ4n) is 2.75. The number of aryl methyl sites for hydroxylation is 2. The third-order valence-electron chi connectivity index (χ3n) is 4.20. The van der Waals surface area contributed by atoms with E-state index in [1.165, 1.54) is 12.1 Å². The Labute approximate surface area is 167 Å². The lowest BCUT2D eigenvalue weighted by Crippen LogP contribution is -2.22. The zero-order valence-electron chi connectivity index (χ0n) is 16.2. The molecule has 0 aliphatic rings. The van der Waals surface area contributed by atoms with E-state index in [0.717, 1.165) is 23.6 Å². The van der Waals surface area contributed by atoms with Gasteiger partial charge in [0.15, 0.2) is 6.61 Å². The van der Waals surface area contributed by atoms with E-state index in [1.54, 1.807) is 0 Å². The summed E-state index contributed by atoms with van der Waals surface area (Å²) in [5.74, 6) is -1.40. The Balaban J connectivity index is 2.11. The van der Waals surface area contributed by atoms with Crippen LogP contribution in [0.25, 0.3) is 0 Å². The van der Waals surface area contributed by atoms with Gasteiger partial charge >= 0.3 is 5.97 Å². The predicted molar refractivity (Wildman–Crippen MR) is 108 cm³/mol. The van der Waals surface area contributed by atoms with Gasteiger partial charge in [0, 0.05) is 30.1 Å². The van der Waals surface area contributed by atoms with Gasteiger partial charge in [0.05, 0.1) is 17.1 Å². The number of para-hydroxylation sites is 1. The van der Waals surface area contributed by atoms with E-state index < -0.39 is 23.4 Å². The summed E-state index contributed by atoms with van der Waals surface area (Å²) >= 11 is 0. The number of nitro benzene ring substituents is 1. The van der Waals surface area contributed by atoms with Crippen LogP contribution in [0.15, 0.2) is 36.4 Å². The number of ether oxygens (including phenoxy) is 1. The molecule has 0 bridgehead atoms. The number of amides is 1. The van der Waals surface area contributed by atoms with Crippen LogP contribution in [0.2, 0.25) is 0 Å². The van der Waals surface area contributed by atoms with Crippen LogP contribution >= 0.6 is 0 Å². The Morgan fingerprint density at radius 1 is 1.24 bits per heavy atom. The van der Waals surface area contributed by atoms with Gasteiger partial charge in [0.2, 0.25) is 0 Å². The number of nitrogens with zero attached hydrogens (tertiary/aromatic N) is 1. The maximum atomic E-state index is 12.4. The number of hydrogen-bond donors (Lipinski definition) is 3. The lowest BCUT2D eigenvalue weighted by atomic mass is 10.1. The van der Waals surface area contributed by atoms with Crippen molar-refractivity contribution in [2.24, 2.45) is 0 Å². The van der Waals surface area contributed by atoms with Crippen molar-refractivity contribution in [2.45, 2.75) is 20.3 Å². The van der Waals surface area contributed by atoms with E-state index in [9.17, 15) is 19.7 Å². The SMILES string of the molecule is CCc1cccc(C)c1NC(=O)COC(=O)c1cc([N+](=O)[O-])ccc1NCCO. The number of hydrogen-bond acceptors (Lipinski definition) is 7. The number of esters is 1. The van der Waals surface area contributed by atoms with Gasteiger partial charge in [-0.1, -0.05) is 25.1 Å². The summed E-state index contributed by atoms with van der Waals surface area (Å²) in [5, 5.41) is 25.5. The van der Waals surface area contributed by atoms with E-state index in [-0.39, 0.29) is 30.1 Å². The number of nitro groups is 1. The van der Waals surface area contributed by atoms with Crippen LogP contribution in [0.1, 0.15) is 28.4 Å². The number of aliphatic hydroxyl groups is 1. The number of nitrogens with one attached hydrogen (secondary N) is 2. The molecule has 3 N–H and O–H groups in total. The van der Waals surface area contributed by atoms with Crippen molar-refractivity contribution in [3.63, 3.8) is 0 Å². The van der Waals surface area contributed by atoms with E-state index in [1.807, 2.05) is 32.0 Å². The summed E-state index contributed by atoms with van der Waals surface area (Å²) in [5.41, 5.74) is 2.41. The summed E-state index contributed by atoms with van der Waals surface area (Å²) in [6.07, 6.45) is 0.727. The molecule has 0 saturated heterocycles. The molecule has 29 heavy (non-hydrogen) atoms. The molecule has 2 aromatic rings. The van der Waals surface area contributed by atoms with E-state index in [4.69, 9.17) is 9.84 Å². The van der Waals surface area contributed by atoms with Gasteiger partial charge in [-0.2, -0.15) is 0 Å². The molecule has 0 aliphatic carbocycles. The van der Waals surface area contributed by atoms with Crippen LogP contribution in [-0.2, 0) is 16.0 Å². The average molecular weight is 401 g/mol. The fourth-order valence-corrected chi connectivity index (χ4v) is 2.75. The first-order chi connectivity index (χ1) is 13.9. The number of carbonyl (C=O) groups excluding carboxylic acids is 2. The lowest BCUT2D eigenvalue weighted by Gasteiger charge is -2.14. The highest BCUT2D eigenvalue weighted by molar-refractivity contribution is 5.99. The maximum absolute atomic E-state index is 12.4. The molecular weight excluding hydrogens is 378 g/mol. The maximum Gasteiger partial charge on any atom is 0.341 e. The largest absolute Gasteiger partial charge is 0.452 e. The number of non-ortho nitro benzene ring substituents is 1. The molecule has 0 saturated carbocycles. The molecule has 1 amide bonds. The molecule has 154 valence electrons. The highest BCUT2D eigenvalue weighted by Crippen LogP contribution is 2.24. The van der Waals surface area contributed by atoms with E-state index in [2.05, 4.69) is 10.6 Å². The fraction of sp³-hybridized carbons (Fsp3) is 0.300. The molecule has 0 aliphatic heterocycles. The molecule has 0 heterocycles. The third kappa shape index (κ3) is 5.76. The summed E-state index contributed by atoms with van der Waals surface area (Å²) in [6.45, 7) is 3.24. The monoisotopic (exact) mass is 401 g/mol. The van der Waals surface area contributed by atoms with Gasteiger partial charge in [-0.25, -0.2) is 4.79 Å². The second-order valence-electron chi connectivity index (χ2n) is 6.22. The molecular formula is C20H23N3O6. The van der Waals surface area contributed by atoms with Crippen LogP contribution < -0.4 is 10.6 Å². The minimum Gasteiger partial charge on any atom is -0.452 e. The van der Waals surface area contributed by atoms with E-state index >= 15 is 0 Å². The standard InChI is InChI=1S/C20H23N3O6/c1-3-14-6-4-5-13(2)19(14)22-18(25)12-29-20(26)16-11-15(23(27)28)7-8-17(16)21-9-10-24/h4-8,11,21,24H,3,9-10,12H2,1-2H3,(H,22,25). The Kier molecular flexibility index (Phi) is 7.67. The van der Waals surface area contributed by atoms with Gasteiger partial charge in [-0.3, -0.25) is 14.9 Å². The lowest BCUT2D eigenvalue weighted by molar-refractivity contribution is -0.384. The second-order valence-corrected chi connectivity index (χ2v) is 6.22. The van der Waals surface area contributed by atoms with Crippen LogP contribution in [0.5, 0.6) is 0 Å². The van der Waals surface area contributed by atoms with Crippen molar-refractivity contribution in [1.29, 1.82) is 0 Å². The van der Waals surface area contributed by atoms with Gasteiger partial charge in [-0.15, -0.1) is 0 Å². The minimum atomic E-state index is -0.884. The summed E-state index contributed by atoms with van der Waals surface area (Å²) < 4.78 is 5.05. The first kappa shape index (κ1) is 21.8. The normalized spacial score (nSPS) is 10.3. The van der Waals surface area contributed by atoms with Crippen molar-refractivity contribution < 1.29 is 24.4 Å². The molecule has 0 spiro atoms. The second kappa shape index (κ2) is 10.2. The highest BCUT2D eigenvalue weighted by Gasteiger charge is 2.19. The number of aliphatic hydroxyl groups excluding tert-OH is 1. The zero-order valence-corrected chi connectivity index (χ0v) is 16.2.